The summed E-state index contributed by atoms with van der Waals surface area (Å²) < 4.78 is 0. The minimum absolute atomic E-state index is 0. The van der Waals surface area contributed by atoms with Crippen molar-refractivity contribution in [3.8, 4) is 0 Å². The van der Waals surface area contributed by atoms with E-state index in [1.165, 1.54) is 47.7 Å². The third-order valence-electron chi connectivity index (χ3n) is 10.9. The molecular weight excluding hydrogens is 1320 g/mol. The van der Waals surface area contributed by atoms with Crippen LogP contribution >= 0.6 is 62.5 Å². The first-order chi connectivity index (χ1) is 38.8. The Labute approximate surface area is 515 Å². The molecule has 18 heteroatoms. The molecule has 0 unspecified atom stereocenters. The van der Waals surface area contributed by atoms with E-state index in [9.17, 15) is 0 Å². The number of aromatic amines is 1. The molecule has 4 N–H and O–H groups in total. The molecule has 1 aromatic heterocycles. The molecule has 0 saturated carbocycles. The van der Waals surface area contributed by atoms with Crippen LogP contribution in [0.4, 0.5) is 0 Å². The van der Waals surface area contributed by atoms with Crippen LogP contribution in [-0.4, -0.2) is 38.9 Å². The van der Waals surface area contributed by atoms with Gasteiger partial charge in [0.05, 0.1) is 5.71 Å². The van der Waals surface area contributed by atoms with Crippen molar-refractivity contribution in [2.24, 2.45) is 21.2 Å². The van der Waals surface area contributed by atoms with Gasteiger partial charge >= 0.3 is 69.1 Å². The van der Waals surface area contributed by atoms with Gasteiger partial charge in [-0.25, -0.2) is 5.10 Å². The number of nitrogens with two attached hydrogens (primary N) is 1. The predicted octanol–water partition coefficient (Wildman–Crippen LogP) is 14.5. The molecule has 9 nitrogen and oxygen atoms in total. The zero-order chi connectivity index (χ0) is 56.1. The first kappa shape index (κ1) is 70.2. The molecule has 424 valence electrons. The fourth-order valence-corrected chi connectivity index (χ4v) is 14.3. The van der Waals surface area contributed by atoms with E-state index in [0.29, 0.717) is 12.4 Å². The van der Waals surface area contributed by atoms with E-state index >= 15 is 0 Å². The summed E-state index contributed by atoms with van der Waals surface area (Å²) in [4.78, 5) is 0. The van der Waals surface area contributed by atoms with Gasteiger partial charge in [0.1, 0.15) is 12.4 Å². The minimum Gasteiger partial charge on any atom is -0.0622 e. The summed E-state index contributed by atoms with van der Waals surface area (Å²) in [5.74, 6) is 0.505. The molecule has 2 atom stereocenters. The Morgan fingerprint density at radius 1 is 0.420 bits per heavy atom. The molecule has 9 aromatic carbocycles. The van der Waals surface area contributed by atoms with Gasteiger partial charge in [-0.1, -0.05) is 286 Å². The number of halogens is 4. The van der Waals surface area contributed by atoms with Gasteiger partial charge in [0.25, 0.3) is 0 Å². The van der Waals surface area contributed by atoms with Crippen molar-refractivity contribution in [1.29, 1.82) is 0 Å². The Bertz CT molecular complexity index is 2580. The Kier molecular flexibility index (Phi) is 37.0. The van der Waals surface area contributed by atoms with Gasteiger partial charge in [-0.3, -0.25) is 0 Å². The zero-order valence-electron chi connectivity index (χ0n) is 45.2. The summed E-state index contributed by atoms with van der Waals surface area (Å²) in [6, 6.07) is 96.6. The Hall–Kier alpha value is -5.06. The van der Waals surface area contributed by atoms with Gasteiger partial charge in [-0.05, 0) is 94.1 Å². The molecule has 10 aromatic rings. The maximum Gasteiger partial charge on any atom is -0.0134 e. The molecule has 2 heterocycles. The van der Waals surface area contributed by atoms with Crippen LogP contribution in [0.25, 0.3) is 5.73 Å². The fourth-order valence-electron chi connectivity index (χ4n) is 7.34. The van der Waals surface area contributed by atoms with Crippen LogP contribution in [0.2, 0.25) is 0 Å². The summed E-state index contributed by atoms with van der Waals surface area (Å²) >= 11 is -0.691. The molecule has 1 aliphatic rings. The number of rotatable bonds is 11. The fraction of sp³-hybridized carbons (Fsp3) is 0.0794. The van der Waals surface area contributed by atoms with Crippen LogP contribution in [0.15, 0.2) is 288 Å². The van der Waals surface area contributed by atoms with Gasteiger partial charge in [0, 0.05) is 6.04 Å². The monoisotopic (exact) mass is 1380 g/mol. The minimum atomic E-state index is -0.446. The van der Waals surface area contributed by atoms with Gasteiger partial charge < -0.3 is 26.3 Å². The molecular formula is C63H65Cl4N9P3Ru2-3. The van der Waals surface area contributed by atoms with Crippen LogP contribution in [0.1, 0.15) is 25.7 Å². The average Bonchev–Trinajstić information content (AvgIpc) is 4.29. The van der Waals surface area contributed by atoms with Crippen LogP contribution < -0.4 is 53.5 Å². The molecule has 0 spiro atoms. The third-order valence-corrected chi connectivity index (χ3v) is 18.2. The van der Waals surface area contributed by atoms with Crippen molar-refractivity contribution in [2.45, 2.75) is 25.9 Å². The van der Waals surface area contributed by atoms with Crippen LogP contribution in [0, 0.1) is 14.9 Å². The summed E-state index contributed by atoms with van der Waals surface area (Å²) in [6.07, 6.45) is 0. The Morgan fingerprint density at radius 2 is 0.630 bits per heavy atom. The van der Waals surface area contributed by atoms with Crippen molar-refractivity contribution >= 4 is 116 Å². The second-order valence-corrected chi connectivity index (χ2v) is 28.3. The maximum absolute atomic E-state index is 7.06. The summed E-state index contributed by atoms with van der Waals surface area (Å²) in [6.45, 7) is 4.15. The van der Waals surface area contributed by atoms with Gasteiger partial charge in [-0.2, -0.15) is 5.11 Å². The summed E-state index contributed by atoms with van der Waals surface area (Å²) in [7, 11) is 18.1. The smallest absolute Gasteiger partial charge is 0.0134 e. The SMILES string of the molecule is C[C@H](N)C1=NN=NC1.C[C@H]([NH-])c1nnn[nH]1.[CH3-].[CH3-].[Cl][Ru][Cl].[Cl][Ru][Cl].c1ccc(P(c2ccccc2)c2ccccc2)cc1.c1ccc(P(c2ccccc2)c2ccccc2)cc1.c1ccc(P(c2ccccc2)c2ccccc2)cc1. The van der Waals surface area contributed by atoms with Gasteiger partial charge in [0.15, 0.2) is 0 Å². The Balaban J connectivity index is 0.000000267. The maximum atomic E-state index is 7.06. The van der Waals surface area contributed by atoms with E-state index in [2.05, 4.69) is 309 Å². The quantitative estimate of drug-likeness (QED) is 0.0755. The molecule has 81 heavy (non-hydrogen) atoms. The molecule has 0 saturated heterocycles. The molecule has 1 aliphatic heterocycles. The van der Waals surface area contributed by atoms with Crippen LogP contribution in [-0.2, 0) is 30.3 Å². The number of aromatic nitrogens is 4. The molecule has 0 fully saturated rings. The van der Waals surface area contributed by atoms with E-state index in [1.54, 1.807) is 6.92 Å². The predicted molar refractivity (Wildman–Crippen MR) is 349 cm³/mol. The molecule has 0 bridgehead atoms. The number of tetrazole rings is 1. The second kappa shape index (κ2) is 42.7. The number of hydrogen-bond donors (Lipinski definition) is 2. The molecule has 11 rings (SSSR count). The topological polar surface area (TPSA) is 141 Å². The number of nitrogens with zero attached hydrogens (tertiary/aromatic N) is 6. The average molecular weight is 1390 g/mol. The first-order valence-corrected chi connectivity index (χ1v) is 37.5. The molecule has 0 radical (unpaired) electrons. The molecule has 0 aliphatic carbocycles. The van der Waals surface area contributed by atoms with E-state index < -0.39 is 23.8 Å². The van der Waals surface area contributed by atoms with Crippen LogP contribution in [0.5, 0.6) is 0 Å². The van der Waals surface area contributed by atoms with E-state index in [-0.39, 0.29) is 57.2 Å². The van der Waals surface area contributed by atoms with Crippen molar-refractivity contribution < 1.29 is 30.3 Å². The number of H-pyrrole nitrogens is 1. The second-order valence-electron chi connectivity index (χ2n) is 16.4. The van der Waals surface area contributed by atoms with E-state index in [0.717, 1.165) is 5.71 Å². The van der Waals surface area contributed by atoms with E-state index in [1.807, 2.05) is 6.92 Å². The Morgan fingerprint density at radius 3 is 0.741 bits per heavy atom. The van der Waals surface area contributed by atoms with Crippen molar-refractivity contribution in [2.75, 3.05) is 6.54 Å². The van der Waals surface area contributed by atoms with Crippen LogP contribution in [0.3, 0.4) is 0 Å². The standard InChI is InChI=1S/3C18H15P.C4H8N4.C3H6N5.2CH3.4ClH.2Ru/c3*1-4-10-16(11-5-1)19(17-12-6-2-7-13-17)18-14-8-3-9-15-18;1-3(5)4-2-6-8-7-4;1-2(4)3-5-7-8-6-3;;;;;;;;/h3*1-15H;3H,2,5H2,1H3;2,4H,1H3,(H,5,6,7,8);2*1H3;4*1H;;/q;;;;3*-1;;;;;2*+2/p-4/t;;;3-;2-;;;;;;;;/m...00......../s1. The molecule has 0 amide bonds. The zero-order valence-corrected chi connectivity index (χ0v) is 54.3. The number of nitrogens with one attached hydrogen (secondary N) is 2. The summed E-state index contributed by atoms with van der Waals surface area (Å²) in [5, 5.41) is 35.9. The van der Waals surface area contributed by atoms with Gasteiger partial charge in [0.2, 0.25) is 0 Å². The largest absolute Gasteiger partial charge is 0.0622 e. The first-order valence-electron chi connectivity index (χ1n) is 24.5. The van der Waals surface area contributed by atoms with Crippen molar-refractivity contribution in [3.05, 3.63) is 299 Å². The van der Waals surface area contributed by atoms with Crippen molar-refractivity contribution in [3.63, 3.8) is 0 Å². The van der Waals surface area contributed by atoms with Gasteiger partial charge in [-0.15, -0.1) is 10.2 Å². The summed E-state index contributed by atoms with van der Waals surface area (Å²) in [5.41, 5.74) is 13.4. The van der Waals surface area contributed by atoms with Crippen molar-refractivity contribution in [1.82, 2.24) is 20.6 Å². The van der Waals surface area contributed by atoms with E-state index in [4.69, 9.17) is 50.2 Å². The number of benzene rings is 9. The number of hydrogen-bond acceptors (Lipinski definition) is 7. The third kappa shape index (κ3) is 25.5. The normalized spacial score (nSPS) is 11.4.